The molecule has 3 N–H and O–H groups in total. The lowest BCUT2D eigenvalue weighted by molar-refractivity contribution is 0.476. The second-order valence-corrected chi connectivity index (χ2v) is 3.07. The van der Waals surface area contributed by atoms with Gasteiger partial charge in [-0.15, -0.1) is 0 Å². The van der Waals surface area contributed by atoms with E-state index in [-0.39, 0.29) is 0 Å². The van der Waals surface area contributed by atoms with Gasteiger partial charge < -0.3 is 15.4 Å². The van der Waals surface area contributed by atoms with E-state index in [4.69, 9.17) is 0 Å². The van der Waals surface area contributed by atoms with Gasteiger partial charge in [0.1, 0.15) is 5.75 Å². The molecule has 3 nitrogen and oxygen atoms in total. The summed E-state index contributed by atoms with van der Waals surface area (Å²) >= 11 is 0. The van der Waals surface area contributed by atoms with E-state index in [1.54, 1.807) is 12.1 Å². The molecule has 13 heavy (non-hydrogen) atoms. The van der Waals surface area contributed by atoms with Crippen LogP contribution in [0.25, 0.3) is 10.9 Å². The van der Waals surface area contributed by atoms with Crippen LogP contribution in [0.15, 0.2) is 24.4 Å². The number of benzene rings is 1. The minimum absolute atomic E-state index is 0.310. The van der Waals surface area contributed by atoms with Crippen molar-refractivity contribution in [1.82, 2.24) is 10.3 Å². The third-order valence-electron chi connectivity index (χ3n) is 2.12. The van der Waals surface area contributed by atoms with Crippen LogP contribution in [-0.2, 0) is 6.54 Å². The summed E-state index contributed by atoms with van der Waals surface area (Å²) < 4.78 is 0. The first-order valence-corrected chi connectivity index (χ1v) is 4.25. The van der Waals surface area contributed by atoms with Gasteiger partial charge in [-0.25, -0.2) is 0 Å². The number of rotatable bonds is 2. The molecule has 0 amide bonds. The fourth-order valence-electron chi connectivity index (χ4n) is 1.50. The van der Waals surface area contributed by atoms with Crippen molar-refractivity contribution >= 4 is 10.9 Å². The first-order chi connectivity index (χ1) is 6.31. The maximum absolute atomic E-state index is 9.31. The number of fused-ring (bicyclic) bond motifs is 1. The zero-order valence-electron chi connectivity index (χ0n) is 7.46. The van der Waals surface area contributed by atoms with Crippen LogP contribution < -0.4 is 5.32 Å². The Balaban J connectivity index is 2.58. The zero-order valence-corrected chi connectivity index (χ0v) is 7.46. The lowest BCUT2D eigenvalue weighted by Gasteiger charge is -1.97. The Kier molecular flexibility index (Phi) is 1.94. The molecule has 1 aromatic heterocycles. The van der Waals surface area contributed by atoms with E-state index < -0.39 is 0 Å². The third-order valence-corrected chi connectivity index (χ3v) is 2.12. The summed E-state index contributed by atoms with van der Waals surface area (Å²) in [5.74, 6) is 0.310. The standard InChI is InChI=1S/C10H12N2O/c1-11-5-7-6-12-10-3-2-8(13)4-9(7)10/h2-4,6,11-13H,5H2,1H3. The van der Waals surface area contributed by atoms with Crippen LogP contribution in [0.2, 0.25) is 0 Å². The van der Waals surface area contributed by atoms with Gasteiger partial charge in [0.25, 0.3) is 0 Å². The monoisotopic (exact) mass is 176 g/mol. The Bertz CT molecular complexity index is 420. The maximum Gasteiger partial charge on any atom is 0.116 e. The summed E-state index contributed by atoms with van der Waals surface area (Å²) in [6.07, 6.45) is 1.96. The van der Waals surface area contributed by atoms with Gasteiger partial charge in [-0.3, -0.25) is 0 Å². The molecule has 0 atom stereocenters. The molecule has 0 aliphatic rings. The summed E-state index contributed by atoms with van der Waals surface area (Å²) in [6, 6.07) is 5.34. The average Bonchev–Trinajstić information content (AvgIpc) is 2.49. The lowest BCUT2D eigenvalue weighted by atomic mass is 10.1. The summed E-state index contributed by atoms with van der Waals surface area (Å²) in [5, 5.41) is 13.5. The van der Waals surface area contributed by atoms with Crippen molar-refractivity contribution in [3.63, 3.8) is 0 Å². The van der Waals surface area contributed by atoms with Crippen LogP contribution in [0.3, 0.4) is 0 Å². The van der Waals surface area contributed by atoms with Crippen molar-refractivity contribution in [2.75, 3.05) is 7.05 Å². The van der Waals surface area contributed by atoms with E-state index in [0.29, 0.717) is 5.75 Å². The van der Waals surface area contributed by atoms with Crippen LogP contribution in [0.4, 0.5) is 0 Å². The second kappa shape index (κ2) is 3.11. The highest BCUT2D eigenvalue weighted by Gasteiger charge is 2.02. The minimum Gasteiger partial charge on any atom is -0.508 e. The van der Waals surface area contributed by atoms with Crippen molar-refractivity contribution in [1.29, 1.82) is 0 Å². The van der Waals surface area contributed by atoms with Gasteiger partial charge in [-0.05, 0) is 30.8 Å². The third kappa shape index (κ3) is 1.38. The molecule has 1 aromatic carbocycles. The van der Waals surface area contributed by atoms with Crippen molar-refractivity contribution in [2.24, 2.45) is 0 Å². The van der Waals surface area contributed by atoms with Crippen LogP contribution in [-0.4, -0.2) is 17.1 Å². The number of aromatic amines is 1. The molecule has 0 fully saturated rings. The molecule has 0 bridgehead atoms. The van der Waals surface area contributed by atoms with Crippen LogP contribution in [0.1, 0.15) is 5.56 Å². The predicted octanol–water partition coefficient (Wildman–Crippen LogP) is 1.59. The summed E-state index contributed by atoms with van der Waals surface area (Å²) in [6.45, 7) is 0.809. The van der Waals surface area contributed by atoms with Crippen LogP contribution >= 0.6 is 0 Å². The van der Waals surface area contributed by atoms with E-state index in [2.05, 4.69) is 10.3 Å². The molecule has 0 unspecified atom stereocenters. The van der Waals surface area contributed by atoms with Crippen molar-refractivity contribution in [3.8, 4) is 5.75 Å². The molecule has 0 saturated heterocycles. The Morgan fingerprint density at radius 2 is 2.31 bits per heavy atom. The fraction of sp³-hybridized carbons (Fsp3) is 0.200. The van der Waals surface area contributed by atoms with E-state index >= 15 is 0 Å². The molecular formula is C10H12N2O. The maximum atomic E-state index is 9.31. The smallest absolute Gasteiger partial charge is 0.116 e. The molecule has 0 aliphatic heterocycles. The van der Waals surface area contributed by atoms with Crippen LogP contribution in [0, 0.1) is 0 Å². The molecule has 1 heterocycles. The Morgan fingerprint density at radius 3 is 3.08 bits per heavy atom. The SMILES string of the molecule is CNCc1c[nH]c2ccc(O)cc12. The van der Waals surface area contributed by atoms with E-state index in [0.717, 1.165) is 17.4 Å². The Morgan fingerprint density at radius 1 is 1.46 bits per heavy atom. The van der Waals surface area contributed by atoms with Gasteiger partial charge in [-0.2, -0.15) is 0 Å². The largest absolute Gasteiger partial charge is 0.508 e. The van der Waals surface area contributed by atoms with Gasteiger partial charge in [0.2, 0.25) is 0 Å². The number of phenolic OH excluding ortho intramolecular Hbond substituents is 1. The molecule has 3 heteroatoms. The van der Waals surface area contributed by atoms with Gasteiger partial charge >= 0.3 is 0 Å². The van der Waals surface area contributed by atoms with Crippen molar-refractivity contribution in [3.05, 3.63) is 30.0 Å². The van der Waals surface area contributed by atoms with Crippen molar-refractivity contribution in [2.45, 2.75) is 6.54 Å². The number of aromatic hydroxyl groups is 1. The number of nitrogens with one attached hydrogen (secondary N) is 2. The quantitative estimate of drug-likeness (QED) is 0.650. The zero-order chi connectivity index (χ0) is 9.26. The highest BCUT2D eigenvalue weighted by Crippen LogP contribution is 2.22. The molecule has 0 spiro atoms. The summed E-state index contributed by atoms with van der Waals surface area (Å²) in [4.78, 5) is 3.15. The highest BCUT2D eigenvalue weighted by molar-refractivity contribution is 5.84. The molecule has 0 radical (unpaired) electrons. The average molecular weight is 176 g/mol. The van der Waals surface area contributed by atoms with Gasteiger partial charge in [0, 0.05) is 23.6 Å². The Hall–Kier alpha value is -1.48. The van der Waals surface area contributed by atoms with Gasteiger partial charge in [-0.1, -0.05) is 0 Å². The Labute approximate surface area is 76.4 Å². The molecular weight excluding hydrogens is 164 g/mol. The highest BCUT2D eigenvalue weighted by atomic mass is 16.3. The predicted molar refractivity (Wildman–Crippen MR) is 52.7 cm³/mol. The minimum atomic E-state index is 0.310. The van der Waals surface area contributed by atoms with E-state index in [1.165, 1.54) is 5.56 Å². The first kappa shape index (κ1) is 8.13. The topological polar surface area (TPSA) is 48.0 Å². The number of aromatic nitrogens is 1. The van der Waals surface area contributed by atoms with Gasteiger partial charge in [0.15, 0.2) is 0 Å². The number of phenols is 1. The second-order valence-electron chi connectivity index (χ2n) is 3.07. The van der Waals surface area contributed by atoms with Crippen molar-refractivity contribution < 1.29 is 5.11 Å². The normalized spacial score (nSPS) is 10.8. The number of hydrogen-bond acceptors (Lipinski definition) is 2. The van der Waals surface area contributed by atoms with E-state index in [9.17, 15) is 5.11 Å². The van der Waals surface area contributed by atoms with Gasteiger partial charge in [0.05, 0.1) is 0 Å². The molecule has 68 valence electrons. The lowest BCUT2D eigenvalue weighted by Crippen LogP contribution is -2.03. The molecule has 0 saturated carbocycles. The fourth-order valence-corrected chi connectivity index (χ4v) is 1.50. The summed E-state index contributed by atoms with van der Waals surface area (Å²) in [5.41, 5.74) is 2.23. The number of H-pyrrole nitrogens is 1. The molecule has 0 aliphatic carbocycles. The van der Waals surface area contributed by atoms with Crippen LogP contribution in [0.5, 0.6) is 5.75 Å². The summed E-state index contributed by atoms with van der Waals surface area (Å²) in [7, 11) is 1.90. The van der Waals surface area contributed by atoms with E-state index in [1.807, 2.05) is 19.3 Å². The molecule has 2 aromatic rings. The first-order valence-electron chi connectivity index (χ1n) is 4.25. The number of hydrogen-bond donors (Lipinski definition) is 3. The molecule has 2 rings (SSSR count).